The molecule has 0 saturated heterocycles. The van der Waals surface area contributed by atoms with E-state index in [0.717, 1.165) is 25.6 Å². The molecule has 0 spiro atoms. The van der Waals surface area contributed by atoms with E-state index in [1.165, 1.54) is 10.5 Å². The summed E-state index contributed by atoms with van der Waals surface area (Å²) < 4.78 is 0. The first-order valence-electron chi connectivity index (χ1n) is 7.65. The normalized spacial score (nSPS) is 11.8. The molecule has 0 amide bonds. The summed E-state index contributed by atoms with van der Waals surface area (Å²) in [6.45, 7) is 9.14. The molecule has 2 N–H and O–H groups in total. The average Bonchev–Trinajstić information content (AvgIpc) is 2.47. The molecule has 23 heavy (non-hydrogen) atoms. The van der Waals surface area contributed by atoms with Crippen LogP contribution in [0.2, 0.25) is 0 Å². The highest BCUT2D eigenvalue weighted by atomic mass is 127. The van der Waals surface area contributed by atoms with Gasteiger partial charge in [0.05, 0.1) is 0 Å². The fraction of sp³-hybridized carbons (Fsp3) is 0.588. The van der Waals surface area contributed by atoms with E-state index >= 15 is 0 Å². The van der Waals surface area contributed by atoms with Crippen molar-refractivity contribution in [2.75, 3.05) is 33.4 Å². The molecule has 1 rings (SSSR count). The highest BCUT2D eigenvalue weighted by Gasteiger charge is 2.09. The van der Waals surface area contributed by atoms with Crippen LogP contribution in [0.1, 0.15) is 26.3 Å². The van der Waals surface area contributed by atoms with Crippen LogP contribution in [0.15, 0.2) is 34.2 Å². The van der Waals surface area contributed by atoms with Crippen LogP contribution in [-0.2, 0) is 6.54 Å². The third-order valence-corrected chi connectivity index (χ3v) is 3.96. The maximum absolute atomic E-state index is 4.35. The Labute approximate surface area is 162 Å². The predicted octanol–water partition coefficient (Wildman–Crippen LogP) is 3.42. The minimum atomic E-state index is 0. The Kier molecular flexibility index (Phi) is 10.9. The average molecular weight is 450 g/mol. The van der Waals surface area contributed by atoms with Gasteiger partial charge < -0.3 is 15.5 Å². The van der Waals surface area contributed by atoms with Crippen LogP contribution in [0, 0.1) is 0 Å². The number of guanidine groups is 1. The molecule has 4 nitrogen and oxygen atoms in total. The summed E-state index contributed by atoms with van der Waals surface area (Å²) in [6.07, 6.45) is 2.10. The van der Waals surface area contributed by atoms with E-state index in [1.807, 2.05) is 7.05 Å². The lowest BCUT2D eigenvalue weighted by Gasteiger charge is -2.24. The number of nitrogens with zero attached hydrogens (tertiary/aromatic N) is 2. The molecular formula is C17H31IN4S. The molecule has 0 aliphatic carbocycles. The number of hydrogen-bond donors (Lipinski definition) is 2. The Morgan fingerprint density at radius 2 is 1.78 bits per heavy atom. The van der Waals surface area contributed by atoms with E-state index in [0.29, 0.717) is 0 Å². The number of nitrogens with one attached hydrogen (secondary N) is 2. The van der Waals surface area contributed by atoms with E-state index in [4.69, 9.17) is 0 Å². The molecule has 1 aromatic carbocycles. The Morgan fingerprint density at radius 1 is 1.17 bits per heavy atom. The van der Waals surface area contributed by atoms with Gasteiger partial charge >= 0.3 is 0 Å². The van der Waals surface area contributed by atoms with Crippen molar-refractivity contribution < 1.29 is 0 Å². The van der Waals surface area contributed by atoms with Gasteiger partial charge in [0.1, 0.15) is 0 Å². The van der Waals surface area contributed by atoms with E-state index in [1.54, 1.807) is 11.8 Å². The number of aliphatic imine (C=N–C) groups is 1. The second-order valence-electron chi connectivity index (χ2n) is 6.35. The second kappa shape index (κ2) is 11.1. The van der Waals surface area contributed by atoms with E-state index in [2.05, 4.69) is 78.9 Å². The fourth-order valence-corrected chi connectivity index (χ4v) is 2.48. The van der Waals surface area contributed by atoms with E-state index in [9.17, 15) is 0 Å². The summed E-state index contributed by atoms with van der Waals surface area (Å²) in [5.74, 6) is 0.921. The van der Waals surface area contributed by atoms with Gasteiger partial charge in [0.25, 0.3) is 0 Å². The highest BCUT2D eigenvalue weighted by molar-refractivity contribution is 14.0. The molecule has 0 unspecified atom stereocenters. The van der Waals surface area contributed by atoms with Crippen molar-refractivity contribution in [1.82, 2.24) is 15.5 Å². The van der Waals surface area contributed by atoms with Crippen molar-refractivity contribution >= 4 is 41.7 Å². The number of hydrogen-bond acceptors (Lipinski definition) is 3. The van der Waals surface area contributed by atoms with Gasteiger partial charge in [-0.2, -0.15) is 0 Å². The summed E-state index contributed by atoms with van der Waals surface area (Å²) in [7, 11) is 3.89. The molecule has 6 heteroatoms. The van der Waals surface area contributed by atoms with Gasteiger partial charge in [-0.05, 0) is 44.7 Å². The molecule has 0 atom stereocenters. The van der Waals surface area contributed by atoms with Gasteiger partial charge in [0.2, 0.25) is 0 Å². The molecule has 0 aromatic heterocycles. The Morgan fingerprint density at radius 3 is 2.26 bits per heavy atom. The summed E-state index contributed by atoms with van der Waals surface area (Å²) in [6, 6.07) is 8.68. The zero-order valence-corrected chi connectivity index (χ0v) is 18.3. The lowest BCUT2D eigenvalue weighted by molar-refractivity contribution is 0.422. The molecular weight excluding hydrogens is 419 g/mol. The monoisotopic (exact) mass is 450 g/mol. The molecule has 0 aliphatic heterocycles. The molecule has 0 aliphatic rings. The third-order valence-electron chi connectivity index (χ3n) is 3.22. The molecule has 0 radical (unpaired) electrons. The smallest absolute Gasteiger partial charge is 0.193 e. The van der Waals surface area contributed by atoms with Crippen molar-refractivity contribution in [2.24, 2.45) is 4.99 Å². The van der Waals surface area contributed by atoms with Crippen molar-refractivity contribution in [2.45, 2.75) is 37.8 Å². The van der Waals surface area contributed by atoms with Gasteiger partial charge in [-0.25, -0.2) is 0 Å². The third kappa shape index (κ3) is 9.42. The first-order chi connectivity index (χ1) is 10.4. The zero-order valence-electron chi connectivity index (χ0n) is 15.1. The van der Waals surface area contributed by atoms with Crippen LogP contribution >= 0.6 is 35.7 Å². The number of halogens is 1. The summed E-state index contributed by atoms with van der Waals surface area (Å²) in [5, 5.41) is 6.86. The topological polar surface area (TPSA) is 39.7 Å². The lowest BCUT2D eigenvalue weighted by Crippen LogP contribution is -2.44. The highest BCUT2D eigenvalue weighted by Crippen LogP contribution is 2.15. The number of thioether (sulfide) groups is 1. The van der Waals surface area contributed by atoms with Crippen molar-refractivity contribution in [3.05, 3.63) is 29.8 Å². The number of benzene rings is 1. The minimum Gasteiger partial charge on any atom is -0.355 e. The first-order valence-corrected chi connectivity index (χ1v) is 8.88. The molecule has 1 aromatic rings. The largest absolute Gasteiger partial charge is 0.355 e. The zero-order chi connectivity index (χ0) is 16.6. The summed E-state index contributed by atoms with van der Waals surface area (Å²) >= 11 is 1.77. The molecule has 0 bridgehead atoms. The maximum atomic E-state index is 4.35. The van der Waals surface area contributed by atoms with Crippen LogP contribution in [0.5, 0.6) is 0 Å². The SMILES string of the molecule is CN=C(NCCNC(C)(C)C)N(C)Cc1ccc(SC)cc1.I. The van der Waals surface area contributed by atoms with Gasteiger partial charge in [-0.1, -0.05) is 12.1 Å². The van der Waals surface area contributed by atoms with Gasteiger partial charge in [0, 0.05) is 44.2 Å². The van der Waals surface area contributed by atoms with E-state index < -0.39 is 0 Å². The molecule has 0 heterocycles. The molecule has 0 fully saturated rings. The molecule has 0 saturated carbocycles. The quantitative estimate of drug-likeness (QED) is 0.229. The first kappa shape index (κ1) is 22.5. The second-order valence-corrected chi connectivity index (χ2v) is 7.23. The lowest BCUT2D eigenvalue weighted by atomic mass is 10.1. The molecule has 132 valence electrons. The maximum Gasteiger partial charge on any atom is 0.193 e. The van der Waals surface area contributed by atoms with Crippen molar-refractivity contribution in [1.29, 1.82) is 0 Å². The fourth-order valence-electron chi connectivity index (χ4n) is 2.08. The summed E-state index contributed by atoms with van der Waals surface area (Å²) in [4.78, 5) is 7.79. The van der Waals surface area contributed by atoms with Gasteiger partial charge in [-0.15, -0.1) is 35.7 Å². The Balaban J connectivity index is 0.00000484. The van der Waals surface area contributed by atoms with Crippen molar-refractivity contribution in [3.63, 3.8) is 0 Å². The van der Waals surface area contributed by atoms with Crippen LogP contribution < -0.4 is 10.6 Å². The van der Waals surface area contributed by atoms with Crippen LogP contribution in [0.25, 0.3) is 0 Å². The Hall–Kier alpha value is -0.470. The predicted molar refractivity (Wildman–Crippen MR) is 114 cm³/mol. The van der Waals surface area contributed by atoms with Crippen molar-refractivity contribution in [3.8, 4) is 0 Å². The van der Waals surface area contributed by atoms with Gasteiger partial charge in [-0.3, -0.25) is 4.99 Å². The standard InChI is InChI=1S/C17H30N4S.HI/c1-17(2,3)20-12-11-19-16(18-4)21(5)13-14-7-9-15(22-6)10-8-14;/h7-10,20H,11-13H2,1-6H3,(H,18,19);1H. The summed E-state index contributed by atoms with van der Waals surface area (Å²) in [5.41, 5.74) is 1.44. The van der Waals surface area contributed by atoms with Gasteiger partial charge in [0.15, 0.2) is 5.96 Å². The van der Waals surface area contributed by atoms with E-state index in [-0.39, 0.29) is 29.5 Å². The van der Waals surface area contributed by atoms with Crippen LogP contribution in [-0.4, -0.2) is 49.8 Å². The Bertz CT molecular complexity index is 468. The van der Waals surface area contributed by atoms with Crippen LogP contribution in [0.4, 0.5) is 0 Å². The number of rotatable bonds is 6. The minimum absolute atomic E-state index is 0. The van der Waals surface area contributed by atoms with Crippen LogP contribution in [0.3, 0.4) is 0 Å².